The van der Waals surface area contributed by atoms with Crippen LogP contribution in [0.2, 0.25) is 0 Å². The van der Waals surface area contributed by atoms with Crippen LogP contribution in [0, 0.1) is 41.4 Å². The number of rotatable bonds is 0. The lowest BCUT2D eigenvalue weighted by molar-refractivity contribution is 0.0302. The van der Waals surface area contributed by atoms with Crippen molar-refractivity contribution in [2.24, 2.45) is 41.4 Å². The molecule has 2 fully saturated rings. The predicted molar refractivity (Wildman–Crippen MR) is 62.0 cm³/mol. The van der Waals surface area contributed by atoms with Crippen molar-refractivity contribution in [3.05, 3.63) is 0 Å². The van der Waals surface area contributed by atoms with Crippen molar-refractivity contribution in [3.63, 3.8) is 0 Å². The van der Waals surface area contributed by atoms with Crippen LogP contribution in [0.4, 0.5) is 0 Å². The Hall–Kier alpha value is 0. The topological polar surface area (TPSA) is 0 Å². The third-order valence-corrected chi connectivity index (χ3v) is 5.74. The van der Waals surface area contributed by atoms with Crippen LogP contribution in [0.5, 0.6) is 0 Å². The first kappa shape index (κ1) is 10.5. The fourth-order valence-electron chi connectivity index (χ4n) is 4.32. The molecule has 2 rings (SSSR count). The average molecular weight is 194 g/mol. The molecule has 0 aromatic heterocycles. The summed E-state index contributed by atoms with van der Waals surface area (Å²) in [7, 11) is 0. The summed E-state index contributed by atoms with van der Waals surface area (Å²) in [5, 5.41) is 0. The molecule has 0 aliphatic heterocycles. The van der Waals surface area contributed by atoms with Crippen molar-refractivity contribution in [1.29, 1.82) is 0 Å². The number of hydrogen-bond acceptors (Lipinski definition) is 0. The van der Waals surface area contributed by atoms with E-state index in [0.717, 1.165) is 41.4 Å². The molecule has 2 saturated carbocycles. The fourth-order valence-corrected chi connectivity index (χ4v) is 4.32. The molecule has 2 aliphatic rings. The number of fused-ring (bicyclic) bond motifs is 1. The van der Waals surface area contributed by atoms with Crippen molar-refractivity contribution < 1.29 is 0 Å². The summed E-state index contributed by atoms with van der Waals surface area (Å²) in [6.07, 6.45) is 3.01. The molecule has 2 aliphatic carbocycles. The fraction of sp³-hybridized carbons (Fsp3) is 1.00. The van der Waals surface area contributed by atoms with Gasteiger partial charge in [-0.3, -0.25) is 0 Å². The maximum atomic E-state index is 2.50. The summed E-state index contributed by atoms with van der Waals surface area (Å²) in [6, 6.07) is 0. The molecule has 0 heterocycles. The molecule has 6 unspecified atom stereocenters. The smallest absolute Gasteiger partial charge is 0.0352 e. The van der Waals surface area contributed by atoms with Gasteiger partial charge in [-0.1, -0.05) is 34.6 Å². The van der Waals surface area contributed by atoms with Crippen LogP contribution in [-0.4, -0.2) is 0 Å². The summed E-state index contributed by atoms with van der Waals surface area (Å²) in [5.41, 5.74) is 0. The molecule has 0 aromatic carbocycles. The molecule has 0 saturated heterocycles. The molecular formula is C14H26. The van der Waals surface area contributed by atoms with E-state index in [1.807, 2.05) is 0 Å². The van der Waals surface area contributed by atoms with Crippen molar-refractivity contribution in [2.45, 2.75) is 47.5 Å². The summed E-state index contributed by atoms with van der Waals surface area (Å²) < 4.78 is 0. The molecule has 6 atom stereocenters. The molecular weight excluding hydrogens is 168 g/mol. The van der Waals surface area contributed by atoms with Crippen molar-refractivity contribution in [1.82, 2.24) is 0 Å². The largest absolute Gasteiger partial charge is 0.0625 e. The van der Waals surface area contributed by atoms with E-state index in [4.69, 9.17) is 0 Å². The molecule has 0 radical (unpaired) electrons. The van der Waals surface area contributed by atoms with Gasteiger partial charge in [0.1, 0.15) is 0 Å². The van der Waals surface area contributed by atoms with Crippen molar-refractivity contribution >= 4 is 0 Å². The molecule has 14 heavy (non-hydrogen) atoms. The van der Waals surface area contributed by atoms with Gasteiger partial charge < -0.3 is 0 Å². The molecule has 82 valence electrons. The van der Waals surface area contributed by atoms with Gasteiger partial charge in [0.2, 0.25) is 0 Å². The minimum absolute atomic E-state index is 0.941. The zero-order chi connectivity index (χ0) is 10.5. The van der Waals surface area contributed by atoms with E-state index in [1.54, 1.807) is 0 Å². The van der Waals surface area contributed by atoms with Gasteiger partial charge in [-0.05, 0) is 54.3 Å². The van der Waals surface area contributed by atoms with Gasteiger partial charge in [-0.25, -0.2) is 0 Å². The monoisotopic (exact) mass is 194 g/mol. The van der Waals surface area contributed by atoms with Crippen LogP contribution in [0.1, 0.15) is 47.5 Å². The summed E-state index contributed by atoms with van der Waals surface area (Å²) in [5.74, 6) is 6.91. The molecule has 0 spiro atoms. The average Bonchev–Trinajstić information content (AvgIpc) is 2.54. The second-order valence-corrected chi connectivity index (χ2v) is 6.34. The maximum absolute atomic E-state index is 2.50. The van der Waals surface area contributed by atoms with E-state index in [2.05, 4.69) is 34.6 Å². The Bertz CT molecular complexity index is 186. The normalized spacial score (nSPS) is 58.5. The van der Waals surface area contributed by atoms with Gasteiger partial charge in [-0.2, -0.15) is 0 Å². The number of hydrogen-bond donors (Lipinski definition) is 0. The second-order valence-electron chi connectivity index (χ2n) is 6.34. The highest BCUT2D eigenvalue weighted by Gasteiger charge is 2.46. The third-order valence-electron chi connectivity index (χ3n) is 5.74. The standard InChI is InChI=1S/C14H26/c1-8-6-13-11(4)9(2)10(3)12(5)14(13)7-8/h8-14H,6-7H2,1-5H3. The first-order valence-corrected chi connectivity index (χ1v) is 6.52. The Morgan fingerprint density at radius 3 is 1.29 bits per heavy atom. The molecule has 0 N–H and O–H groups in total. The van der Waals surface area contributed by atoms with Crippen molar-refractivity contribution in [3.8, 4) is 0 Å². The van der Waals surface area contributed by atoms with Gasteiger partial charge in [0, 0.05) is 0 Å². The zero-order valence-electron chi connectivity index (χ0n) is 10.5. The van der Waals surface area contributed by atoms with E-state index in [1.165, 1.54) is 12.8 Å². The molecule has 0 heteroatoms. The molecule has 0 aromatic rings. The van der Waals surface area contributed by atoms with E-state index in [9.17, 15) is 0 Å². The van der Waals surface area contributed by atoms with Crippen LogP contribution in [0.25, 0.3) is 0 Å². The summed E-state index contributed by atoms with van der Waals surface area (Å²) in [6.45, 7) is 12.4. The zero-order valence-corrected chi connectivity index (χ0v) is 10.5. The first-order chi connectivity index (χ1) is 6.52. The molecule has 0 bridgehead atoms. The van der Waals surface area contributed by atoms with Crippen LogP contribution in [0.3, 0.4) is 0 Å². The van der Waals surface area contributed by atoms with Gasteiger partial charge in [0.25, 0.3) is 0 Å². The minimum Gasteiger partial charge on any atom is -0.0625 e. The van der Waals surface area contributed by atoms with Crippen molar-refractivity contribution in [2.75, 3.05) is 0 Å². The third kappa shape index (κ3) is 1.42. The van der Waals surface area contributed by atoms with Crippen LogP contribution in [0.15, 0.2) is 0 Å². The van der Waals surface area contributed by atoms with Crippen LogP contribution in [-0.2, 0) is 0 Å². The lowest BCUT2D eigenvalue weighted by Crippen LogP contribution is -2.39. The summed E-state index contributed by atoms with van der Waals surface area (Å²) >= 11 is 0. The highest BCUT2D eigenvalue weighted by atomic mass is 14.5. The Balaban J connectivity index is 2.19. The predicted octanol–water partition coefficient (Wildman–Crippen LogP) is 4.21. The highest BCUT2D eigenvalue weighted by Crippen LogP contribution is 2.54. The van der Waals surface area contributed by atoms with Gasteiger partial charge in [-0.15, -0.1) is 0 Å². The van der Waals surface area contributed by atoms with E-state index in [-0.39, 0.29) is 0 Å². The molecule has 0 nitrogen and oxygen atoms in total. The summed E-state index contributed by atoms with van der Waals surface area (Å²) in [4.78, 5) is 0. The Labute approximate surface area is 89.5 Å². The van der Waals surface area contributed by atoms with Gasteiger partial charge in [0.05, 0.1) is 0 Å². The Kier molecular flexibility index (Phi) is 2.66. The SMILES string of the molecule is CC1CC2C(C)C(C)C(C)C(C)C2C1. The first-order valence-electron chi connectivity index (χ1n) is 6.52. The van der Waals surface area contributed by atoms with Crippen LogP contribution >= 0.6 is 0 Å². The quantitative estimate of drug-likeness (QED) is 0.542. The van der Waals surface area contributed by atoms with Gasteiger partial charge >= 0.3 is 0 Å². The maximum Gasteiger partial charge on any atom is -0.0352 e. The lowest BCUT2D eigenvalue weighted by atomic mass is 9.60. The molecule has 0 amide bonds. The lowest BCUT2D eigenvalue weighted by Gasteiger charge is -2.45. The Morgan fingerprint density at radius 2 is 0.929 bits per heavy atom. The van der Waals surface area contributed by atoms with E-state index >= 15 is 0 Å². The van der Waals surface area contributed by atoms with E-state index in [0.29, 0.717) is 0 Å². The highest BCUT2D eigenvalue weighted by molar-refractivity contribution is 4.95. The van der Waals surface area contributed by atoms with Gasteiger partial charge in [0.15, 0.2) is 0 Å². The van der Waals surface area contributed by atoms with Crippen LogP contribution < -0.4 is 0 Å². The minimum atomic E-state index is 0.941. The van der Waals surface area contributed by atoms with E-state index < -0.39 is 0 Å². The Morgan fingerprint density at radius 1 is 0.571 bits per heavy atom. The second kappa shape index (κ2) is 3.54.